The Bertz CT molecular complexity index is 1280. The highest BCUT2D eigenvalue weighted by molar-refractivity contribution is 9.10. The molecular formula is C26H24BrFN4O. The summed E-state index contributed by atoms with van der Waals surface area (Å²) in [5, 5.41) is 2.91. The summed E-state index contributed by atoms with van der Waals surface area (Å²) in [5.74, 6) is 0.636. The average molecular weight is 507 g/mol. The second-order valence-electron chi connectivity index (χ2n) is 8.38. The standard InChI is InChI=1S/C26H24BrFN4O/c27-19-4-3-5-22(16-19)32-24-7-2-1-6-23(24)30-25(32)17-31-14-12-18(13-15-31)26(33)29-21-10-8-20(28)9-11-21/h1-11,16,18H,12-15,17H2,(H,29,33). The quantitative estimate of drug-likeness (QED) is 0.373. The third-order valence-corrected chi connectivity index (χ3v) is 6.63. The Balaban J connectivity index is 1.29. The van der Waals surface area contributed by atoms with Crippen LogP contribution in [0.5, 0.6) is 0 Å². The highest BCUT2D eigenvalue weighted by Gasteiger charge is 2.26. The van der Waals surface area contributed by atoms with Crippen LogP contribution in [-0.2, 0) is 11.3 Å². The van der Waals surface area contributed by atoms with Crippen molar-refractivity contribution in [3.8, 4) is 5.69 Å². The van der Waals surface area contributed by atoms with Gasteiger partial charge in [-0.25, -0.2) is 9.37 Å². The third kappa shape index (κ3) is 4.84. The lowest BCUT2D eigenvalue weighted by atomic mass is 9.96. The van der Waals surface area contributed by atoms with E-state index in [1.165, 1.54) is 12.1 Å². The van der Waals surface area contributed by atoms with E-state index < -0.39 is 0 Å². The molecule has 1 aromatic heterocycles. The predicted molar refractivity (Wildman–Crippen MR) is 132 cm³/mol. The van der Waals surface area contributed by atoms with Gasteiger partial charge in [-0.2, -0.15) is 0 Å². The maximum atomic E-state index is 13.1. The van der Waals surface area contributed by atoms with E-state index in [2.05, 4.69) is 48.9 Å². The summed E-state index contributed by atoms with van der Waals surface area (Å²) in [7, 11) is 0. The zero-order chi connectivity index (χ0) is 22.8. The number of anilines is 1. The van der Waals surface area contributed by atoms with E-state index in [4.69, 9.17) is 4.98 Å². The summed E-state index contributed by atoms with van der Waals surface area (Å²) in [6, 6.07) is 22.3. The maximum absolute atomic E-state index is 13.1. The predicted octanol–water partition coefficient (Wildman–Crippen LogP) is 5.78. The van der Waals surface area contributed by atoms with Gasteiger partial charge in [-0.05, 0) is 80.5 Å². The van der Waals surface area contributed by atoms with E-state index in [1.807, 2.05) is 30.3 Å². The van der Waals surface area contributed by atoms with Crippen molar-refractivity contribution in [3.05, 3.63) is 88.9 Å². The van der Waals surface area contributed by atoms with Crippen molar-refractivity contribution in [2.45, 2.75) is 19.4 Å². The number of nitrogens with one attached hydrogen (secondary N) is 1. The molecule has 1 amide bonds. The molecular weight excluding hydrogens is 483 g/mol. The summed E-state index contributed by atoms with van der Waals surface area (Å²) in [4.78, 5) is 19.9. The summed E-state index contributed by atoms with van der Waals surface area (Å²) in [6.07, 6.45) is 1.56. The molecule has 0 aliphatic carbocycles. The highest BCUT2D eigenvalue weighted by Crippen LogP contribution is 2.26. The van der Waals surface area contributed by atoms with E-state index in [9.17, 15) is 9.18 Å². The number of piperidine rings is 1. The van der Waals surface area contributed by atoms with Crippen molar-refractivity contribution in [2.75, 3.05) is 18.4 Å². The van der Waals surface area contributed by atoms with Crippen molar-refractivity contribution in [3.63, 3.8) is 0 Å². The van der Waals surface area contributed by atoms with Crippen LogP contribution < -0.4 is 5.32 Å². The first-order valence-corrected chi connectivity index (χ1v) is 11.9. The number of imidazole rings is 1. The second-order valence-corrected chi connectivity index (χ2v) is 9.29. The molecule has 3 aromatic carbocycles. The van der Waals surface area contributed by atoms with Crippen molar-refractivity contribution in [2.24, 2.45) is 5.92 Å². The van der Waals surface area contributed by atoms with E-state index in [0.29, 0.717) is 12.2 Å². The van der Waals surface area contributed by atoms with Gasteiger partial charge in [0.05, 0.1) is 17.6 Å². The molecule has 1 aliphatic rings. The molecule has 0 radical (unpaired) electrons. The monoisotopic (exact) mass is 506 g/mol. The Labute approximate surface area is 200 Å². The first kappa shape index (κ1) is 21.8. The Kier molecular flexibility index (Phi) is 6.24. The lowest BCUT2D eigenvalue weighted by molar-refractivity contribution is -0.121. The number of rotatable bonds is 5. The molecule has 5 nitrogen and oxygen atoms in total. The minimum Gasteiger partial charge on any atom is -0.326 e. The normalized spacial score (nSPS) is 15.1. The molecule has 0 bridgehead atoms. The van der Waals surface area contributed by atoms with E-state index >= 15 is 0 Å². The molecule has 0 atom stereocenters. The maximum Gasteiger partial charge on any atom is 0.227 e. The number of hydrogen-bond acceptors (Lipinski definition) is 3. The Morgan fingerprint density at radius 3 is 2.55 bits per heavy atom. The van der Waals surface area contributed by atoms with Gasteiger partial charge in [-0.15, -0.1) is 0 Å². The molecule has 7 heteroatoms. The van der Waals surface area contributed by atoms with Crippen molar-refractivity contribution in [1.82, 2.24) is 14.5 Å². The first-order chi connectivity index (χ1) is 16.1. The van der Waals surface area contributed by atoms with Crippen LogP contribution >= 0.6 is 15.9 Å². The van der Waals surface area contributed by atoms with Crippen LogP contribution in [0.25, 0.3) is 16.7 Å². The van der Waals surface area contributed by atoms with Gasteiger partial charge in [0.15, 0.2) is 0 Å². The average Bonchev–Trinajstić information content (AvgIpc) is 3.19. The van der Waals surface area contributed by atoms with Crippen LogP contribution in [0.4, 0.5) is 10.1 Å². The van der Waals surface area contributed by atoms with Gasteiger partial charge in [0.2, 0.25) is 5.91 Å². The van der Waals surface area contributed by atoms with Gasteiger partial charge in [-0.1, -0.05) is 34.1 Å². The molecule has 1 N–H and O–H groups in total. The topological polar surface area (TPSA) is 50.2 Å². The van der Waals surface area contributed by atoms with Crippen molar-refractivity contribution >= 4 is 38.6 Å². The second kappa shape index (κ2) is 9.45. The van der Waals surface area contributed by atoms with Crippen LogP contribution in [0.2, 0.25) is 0 Å². The molecule has 4 aromatic rings. The summed E-state index contributed by atoms with van der Waals surface area (Å²) < 4.78 is 16.3. The molecule has 1 fully saturated rings. The molecule has 1 aliphatic heterocycles. The molecule has 2 heterocycles. The first-order valence-electron chi connectivity index (χ1n) is 11.1. The Morgan fingerprint density at radius 2 is 1.79 bits per heavy atom. The Morgan fingerprint density at radius 1 is 1.03 bits per heavy atom. The zero-order valence-electron chi connectivity index (χ0n) is 18.0. The molecule has 0 spiro atoms. The van der Waals surface area contributed by atoms with Crippen LogP contribution in [0.3, 0.4) is 0 Å². The van der Waals surface area contributed by atoms with Gasteiger partial charge in [0, 0.05) is 21.8 Å². The number of para-hydroxylation sites is 2. The summed E-state index contributed by atoms with van der Waals surface area (Å²) >= 11 is 3.58. The fraction of sp³-hybridized carbons (Fsp3) is 0.231. The van der Waals surface area contributed by atoms with Crippen LogP contribution in [0.1, 0.15) is 18.7 Å². The van der Waals surface area contributed by atoms with E-state index in [0.717, 1.165) is 52.9 Å². The SMILES string of the molecule is O=C(Nc1ccc(F)cc1)C1CCN(Cc2nc3ccccc3n2-c2cccc(Br)c2)CC1. The van der Waals surface area contributed by atoms with Gasteiger partial charge in [0.25, 0.3) is 0 Å². The number of amides is 1. The minimum absolute atomic E-state index is 0.00244. The van der Waals surface area contributed by atoms with Gasteiger partial charge < -0.3 is 5.32 Å². The number of aromatic nitrogens is 2. The van der Waals surface area contributed by atoms with Gasteiger partial charge >= 0.3 is 0 Å². The van der Waals surface area contributed by atoms with Crippen molar-refractivity contribution in [1.29, 1.82) is 0 Å². The fourth-order valence-corrected chi connectivity index (χ4v) is 4.80. The summed E-state index contributed by atoms with van der Waals surface area (Å²) in [5.41, 5.74) is 3.76. The van der Waals surface area contributed by atoms with E-state index in [1.54, 1.807) is 12.1 Å². The van der Waals surface area contributed by atoms with Crippen LogP contribution in [-0.4, -0.2) is 33.4 Å². The number of hydrogen-bond donors (Lipinski definition) is 1. The molecule has 0 saturated carbocycles. The molecule has 5 rings (SSSR count). The highest BCUT2D eigenvalue weighted by atomic mass is 79.9. The largest absolute Gasteiger partial charge is 0.326 e. The van der Waals surface area contributed by atoms with Crippen LogP contribution in [0, 0.1) is 11.7 Å². The smallest absolute Gasteiger partial charge is 0.227 e. The third-order valence-electron chi connectivity index (χ3n) is 6.13. The minimum atomic E-state index is -0.310. The van der Waals surface area contributed by atoms with Crippen molar-refractivity contribution < 1.29 is 9.18 Å². The van der Waals surface area contributed by atoms with E-state index in [-0.39, 0.29) is 17.6 Å². The number of nitrogens with zero attached hydrogens (tertiary/aromatic N) is 3. The lowest BCUT2D eigenvalue weighted by Crippen LogP contribution is -2.38. The van der Waals surface area contributed by atoms with Crippen LogP contribution in [0.15, 0.2) is 77.3 Å². The molecule has 0 unspecified atom stereocenters. The Hall–Kier alpha value is -3.03. The van der Waals surface area contributed by atoms with Gasteiger partial charge in [0.1, 0.15) is 11.6 Å². The number of carbonyl (C=O) groups is 1. The van der Waals surface area contributed by atoms with Gasteiger partial charge in [-0.3, -0.25) is 14.3 Å². The summed E-state index contributed by atoms with van der Waals surface area (Å²) in [6.45, 7) is 2.36. The number of benzene rings is 3. The number of fused-ring (bicyclic) bond motifs is 1. The molecule has 168 valence electrons. The lowest BCUT2D eigenvalue weighted by Gasteiger charge is -2.31. The molecule has 33 heavy (non-hydrogen) atoms. The number of carbonyl (C=O) groups excluding carboxylic acids is 1. The fourth-order valence-electron chi connectivity index (χ4n) is 4.42. The number of halogens is 2. The molecule has 1 saturated heterocycles. The number of likely N-dealkylation sites (tertiary alicyclic amines) is 1. The zero-order valence-corrected chi connectivity index (χ0v) is 19.6.